The van der Waals surface area contributed by atoms with Crippen LogP contribution in [0.2, 0.25) is 0 Å². The monoisotopic (exact) mass is 423 g/mol. The minimum Gasteiger partial charge on any atom is -0.465 e. The maximum Gasteiger partial charge on any atom is 0.337 e. The van der Waals surface area contributed by atoms with Crippen LogP contribution in [0.15, 0.2) is 64.9 Å². The van der Waals surface area contributed by atoms with Crippen LogP contribution in [-0.4, -0.2) is 28.5 Å². The van der Waals surface area contributed by atoms with Crippen LogP contribution in [-0.2, 0) is 19.5 Å². The summed E-state index contributed by atoms with van der Waals surface area (Å²) < 4.78 is 38.4. The first kappa shape index (κ1) is 19.5. The largest absolute Gasteiger partial charge is 0.465 e. The molecular formula is C21H17N3O5S. The van der Waals surface area contributed by atoms with Gasteiger partial charge in [-0.25, -0.2) is 13.2 Å². The van der Waals surface area contributed by atoms with Gasteiger partial charge in [0.2, 0.25) is 5.88 Å². The van der Waals surface area contributed by atoms with Gasteiger partial charge in [0.1, 0.15) is 16.5 Å². The van der Waals surface area contributed by atoms with Crippen molar-refractivity contribution in [3.05, 3.63) is 81.6 Å². The molecule has 2 N–H and O–H groups in total. The average Bonchev–Trinajstić information content (AvgIpc) is 2.76. The van der Waals surface area contributed by atoms with Crippen molar-refractivity contribution >= 4 is 27.4 Å². The molecule has 4 rings (SSSR count). The lowest BCUT2D eigenvalue weighted by molar-refractivity contribution is 0.0600. The highest BCUT2D eigenvalue weighted by atomic mass is 32.2. The molecule has 0 bridgehead atoms. The highest BCUT2D eigenvalue weighted by molar-refractivity contribution is 7.96. The molecule has 0 saturated carbocycles. The van der Waals surface area contributed by atoms with Gasteiger partial charge in [-0.1, -0.05) is 24.3 Å². The fourth-order valence-corrected chi connectivity index (χ4v) is 5.31. The van der Waals surface area contributed by atoms with Gasteiger partial charge in [-0.15, -0.1) is 0 Å². The third-order valence-electron chi connectivity index (χ3n) is 5.16. The van der Waals surface area contributed by atoms with E-state index >= 15 is 0 Å². The summed E-state index contributed by atoms with van der Waals surface area (Å²) in [5.41, 5.74) is 7.79. The number of anilines is 1. The Balaban J connectivity index is 1.98. The van der Waals surface area contributed by atoms with E-state index in [0.29, 0.717) is 22.4 Å². The Labute approximate surface area is 173 Å². The molecule has 2 aliphatic heterocycles. The molecule has 0 spiro atoms. The second-order valence-electron chi connectivity index (χ2n) is 6.72. The minimum absolute atomic E-state index is 0.0177. The number of sulfonamides is 1. The molecule has 0 aromatic heterocycles. The van der Waals surface area contributed by atoms with Gasteiger partial charge in [-0.3, -0.25) is 4.31 Å². The van der Waals surface area contributed by atoms with Crippen molar-refractivity contribution in [2.45, 2.75) is 5.92 Å². The van der Waals surface area contributed by atoms with E-state index in [9.17, 15) is 18.5 Å². The summed E-state index contributed by atoms with van der Waals surface area (Å²) in [4.78, 5) is 11.7. The number of fused-ring (bicyclic) bond motifs is 2. The number of nitriles is 1. The second kappa shape index (κ2) is 6.93. The molecule has 9 heteroatoms. The van der Waals surface area contributed by atoms with Crippen LogP contribution in [0, 0.1) is 11.3 Å². The smallest absolute Gasteiger partial charge is 0.337 e. The van der Waals surface area contributed by atoms with Crippen LogP contribution in [0.5, 0.6) is 0 Å². The van der Waals surface area contributed by atoms with Crippen LogP contribution < -0.4 is 10.0 Å². The second-order valence-corrected chi connectivity index (χ2v) is 8.66. The lowest BCUT2D eigenvalue weighted by Crippen LogP contribution is -2.37. The minimum atomic E-state index is -4.02. The predicted octanol–water partition coefficient (Wildman–Crippen LogP) is 2.43. The maximum absolute atomic E-state index is 13.4. The van der Waals surface area contributed by atoms with Crippen LogP contribution in [0.25, 0.3) is 5.76 Å². The Kier molecular flexibility index (Phi) is 4.51. The number of rotatable bonds is 2. The summed E-state index contributed by atoms with van der Waals surface area (Å²) >= 11 is 0. The normalized spacial score (nSPS) is 19.4. The van der Waals surface area contributed by atoms with E-state index in [1.165, 1.54) is 26.3 Å². The number of carbonyl (C=O) groups is 1. The van der Waals surface area contributed by atoms with Crippen LogP contribution >= 0.6 is 0 Å². The molecule has 1 atom stereocenters. The van der Waals surface area contributed by atoms with Crippen molar-refractivity contribution < 1.29 is 22.7 Å². The van der Waals surface area contributed by atoms with Crippen molar-refractivity contribution in [2.24, 2.45) is 5.73 Å². The van der Waals surface area contributed by atoms with Gasteiger partial charge < -0.3 is 15.2 Å². The van der Waals surface area contributed by atoms with Crippen LogP contribution in [0.4, 0.5) is 5.69 Å². The molecule has 0 saturated heterocycles. The van der Waals surface area contributed by atoms with Gasteiger partial charge in [0, 0.05) is 12.6 Å². The number of para-hydroxylation sites is 1. The molecule has 0 radical (unpaired) electrons. The number of methoxy groups -OCH3 is 1. The lowest BCUT2D eigenvalue weighted by Gasteiger charge is -2.36. The molecule has 0 fully saturated rings. The van der Waals surface area contributed by atoms with Crippen molar-refractivity contribution in [3.8, 4) is 6.07 Å². The van der Waals surface area contributed by atoms with E-state index in [0.717, 1.165) is 4.31 Å². The molecule has 2 aromatic rings. The zero-order valence-electron chi connectivity index (χ0n) is 16.1. The number of nitrogens with two attached hydrogens (primary N) is 1. The number of carbonyl (C=O) groups excluding carboxylic acids is 1. The molecule has 152 valence electrons. The molecule has 2 heterocycles. The van der Waals surface area contributed by atoms with E-state index in [-0.39, 0.29) is 22.1 Å². The highest BCUT2D eigenvalue weighted by Crippen LogP contribution is 2.50. The van der Waals surface area contributed by atoms with E-state index in [4.69, 9.17) is 15.2 Å². The third-order valence-corrected chi connectivity index (χ3v) is 7.06. The highest BCUT2D eigenvalue weighted by Gasteiger charge is 2.46. The fourth-order valence-electron chi connectivity index (χ4n) is 3.66. The van der Waals surface area contributed by atoms with Crippen molar-refractivity contribution in [1.82, 2.24) is 0 Å². The number of allylic oxidation sites excluding steroid dienone is 2. The van der Waals surface area contributed by atoms with Gasteiger partial charge in [0.15, 0.2) is 5.76 Å². The zero-order valence-corrected chi connectivity index (χ0v) is 16.9. The van der Waals surface area contributed by atoms with Gasteiger partial charge in [0.05, 0.1) is 24.3 Å². The first-order chi connectivity index (χ1) is 14.3. The Bertz CT molecular complexity index is 1270. The van der Waals surface area contributed by atoms with Crippen molar-refractivity contribution in [2.75, 3.05) is 18.5 Å². The van der Waals surface area contributed by atoms with E-state index < -0.39 is 21.9 Å². The molecule has 0 amide bonds. The standard InChI is InChI=1S/C21H17N3O5S/c1-24-16-6-4-3-5-14(16)18-19(30(24,26)27)17(15(11-22)20(23)29-18)12-7-9-13(10-8-12)21(25)28-2/h3-10,17H,23H2,1-2H3/t17-/m1/s1. The molecule has 30 heavy (non-hydrogen) atoms. The van der Waals surface area contributed by atoms with Crippen molar-refractivity contribution in [1.29, 1.82) is 5.26 Å². The molecule has 8 nitrogen and oxygen atoms in total. The number of ether oxygens (including phenoxy) is 2. The van der Waals surface area contributed by atoms with Gasteiger partial charge in [-0.05, 0) is 29.8 Å². The number of esters is 1. The lowest BCUT2D eigenvalue weighted by atomic mass is 9.88. The van der Waals surface area contributed by atoms with Gasteiger partial charge in [0.25, 0.3) is 10.0 Å². The quantitative estimate of drug-likeness (QED) is 0.736. The van der Waals surface area contributed by atoms with Crippen LogP contribution in [0.3, 0.4) is 0 Å². The number of hydrogen-bond donors (Lipinski definition) is 1. The van der Waals surface area contributed by atoms with Gasteiger partial charge in [-0.2, -0.15) is 5.26 Å². The Morgan fingerprint density at radius 3 is 2.50 bits per heavy atom. The van der Waals surface area contributed by atoms with Crippen molar-refractivity contribution in [3.63, 3.8) is 0 Å². The van der Waals surface area contributed by atoms with Crippen LogP contribution in [0.1, 0.15) is 27.4 Å². The molecule has 0 unspecified atom stereocenters. The Hall–Kier alpha value is -3.77. The Morgan fingerprint density at radius 1 is 1.20 bits per heavy atom. The van der Waals surface area contributed by atoms with E-state index in [1.807, 2.05) is 6.07 Å². The predicted molar refractivity (Wildman–Crippen MR) is 109 cm³/mol. The van der Waals surface area contributed by atoms with Gasteiger partial charge >= 0.3 is 5.97 Å². The number of benzene rings is 2. The summed E-state index contributed by atoms with van der Waals surface area (Å²) in [6.07, 6.45) is 0. The number of hydrogen-bond acceptors (Lipinski definition) is 7. The first-order valence-corrected chi connectivity index (χ1v) is 10.3. The SMILES string of the molecule is COC(=O)c1ccc([C@@H]2C(C#N)=C(N)OC3=C2S(=O)(=O)N(C)c2ccccc23)cc1. The molecule has 2 aliphatic rings. The zero-order chi connectivity index (χ0) is 21.6. The molecule has 0 aliphatic carbocycles. The van der Waals surface area contributed by atoms with E-state index in [1.54, 1.807) is 36.4 Å². The van der Waals surface area contributed by atoms with E-state index in [2.05, 4.69) is 0 Å². The summed E-state index contributed by atoms with van der Waals surface area (Å²) in [6.45, 7) is 0. The number of nitrogens with zero attached hydrogens (tertiary/aromatic N) is 2. The molecule has 2 aromatic carbocycles. The third kappa shape index (κ3) is 2.73. The maximum atomic E-state index is 13.4. The summed E-state index contributed by atoms with van der Waals surface area (Å²) in [6, 6.07) is 15.0. The Morgan fingerprint density at radius 2 is 1.87 bits per heavy atom. The average molecular weight is 423 g/mol. The summed E-state index contributed by atoms with van der Waals surface area (Å²) in [5.74, 6) is -1.57. The first-order valence-electron chi connectivity index (χ1n) is 8.89. The summed E-state index contributed by atoms with van der Waals surface area (Å²) in [5, 5.41) is 9.72. The summed E-state index contributed by atoms with van der Waals surface area (Å²) in [7, 11) is -1.30. The fraction of sp³-hybridized carbons (Fsp3) is 0.143. The topological polar surface area (TPSA) is 123 Å². The molecular weight excluding hydrogens is 406 g/mol.